The Kier molecular flexibility index (Phi) is 3.26. The third-order valence-electron chi connectivity index (χ3n) is 3.61. The monoisotopic (exact) mass is 211 g/mol. The SMILES string of the molecule is CCN1CCN(C(=O)C2CNC2)CC1C. The highest BCUT2D eigenvalue weighted by Gasteiger charge is 2.32. The molecular formula is C11H21N3O. The Morgan fingerprint density at radius 1 is 1.40 bits per heavy atom. The minimum atomic E-state index is 0.255. The van der Waals surface area contributed by atoms with Crippen LogP contribution >= 0.6 is 0 Å². The molecule has 4 heteroatoms. The Hall–Kier alpha value is -0.610. The molecule has 1 amide bonds. The summed E-state index contributed by atoms with van der Waals surface area (Å²) < 4.78 is 0. The van der Waals surface area contributed by atoms with Gasteiger partial charge in [-0.3, -0.25) is 9.69 Å². The molecule has 1 atom stereocenters. The van der Waals surface area contributed by atoms with Crippen LogP contribution in [-0.2, 0) is 4.79 Å². The highest BCUT2D eigenvalue weighted by Crippen LogP contribution is 2.14. The summed E-state index contributed by atoms with van der Waals surface area (Å²) in [6, 6.07) is 0.515. The fraction of sp³-hybridized carbons (Fsp3) is 0.909. The lowest BCUT2D eigenvalue weighted by Crippen LogP contribution is -2.58. The minimum Gasteiger partial charge on any atom is -0.340 e. The van der Waals surface area contributed by atoms with Gasteiger partial charge in [-0.05, 0) is 13.5 Å². The highest BCUT2D eigenvalue weighted by atomic mass is 16.2. The molecule has 15 heavy (non-hydrogen) atoms. The molecule has 0 bridgehead atoms. The summed E-state index contributed by atoms with van der Waals surface area (Å²) in [6.45, 7) is 10.1. The Bertz CT molecular complexity index is 240. The van der Waals surface area contributed by atoms with E-state index < -0.39 is 0 Å². The first-order valence-corrected chi connectivity index (χ1v) is 5.96. The van der Waals surface area contributed by atoms with Crippen LogP contribution in [0.15, 0.2) is 0 Å². The van der Waals surface area contributed by atoms with Crippen molar-refractivity contribution in [1.82, 2.24) is 15.1 Å². The molecule has 0 aromatic rings. The van der Waals surface area contributed by atoms with Crippen molar-refractivity contribution in [3.05, 3.63) is 0 Å². The van der Waals surface area contributed by atoms with Crippen molar-refractivity contribution >= 4 is 5.91 Å². The number of nitrogens with one attached hydrogen (secondary N) is 1. The van der Waals surface area contributed by atoms with Crippen molar-refractivity contribution in [2.24, 2.45) is 5.92 Å². The molecule has 2 aliphatic rings. The van der Waals surface area contributed by atoms with Crippen molar-refractivity contribution in [1.29, 1.82) is 0 Å². The second-order valence-electron chi connectivity index (χ2n) is 4.62. The van der Waals surface area contributed by atoms with Crippen LogP contribution in [0.3, 0.4) is 0 Å². The Balaban J connectivity index is 1.87. The van der Waals surface area contributed by atoms with Crippen molar-refractivity contribution in [2.75, 3.05) is 39.3 Å². The van der Waals surface area contributed by atoms with E-state index in [1.54, 1.807) is 0 Å². The molecule has 2 saturated heterocycles. The maximum Gasteiger partial charge on any atom is 0.228 e. The summed E-state index contributed by atoms with van der Waals surface area (Å²) in [7, 11) is 0. The predicted octanol–water partition coefficient (Wildman–Crippen LogP) is -0.242. The zero-order valence-corrected chi connectivity index (χ0v) is 9.70. The molecule has 0 aromatic carbocycles. The van der Waals surface area contributed by atoms with Crippen LogP contribution in [0.1, 0.15) is 13.8 Å². The zero-order chi connectivity index (χ0) is 10.8. The third-order valence-corrected chi connectivity index (χ3v) is 3.61. The van der Waals surface area contributed by atoms with Crippen LogP contribution in [0.5, 0.6) is 0 Å². The van der Waals surface area contributed by atoms with Gasteiger partial charge in [0.25, 0.3) is 0 Å². The van der Waals surface area contributed by atoms with Gasteiger partial charge in [-0.2, -0.15) is 0 Å². The Morgan fingerprint density at radius 3 is 2.60 bits per heavy atom. The van der Waals surface area contributed by atoms with Gasteiger partial charge in [0.05, 0.1) is 5.92 Å². The minimum absolute atomic E-state index is 0.255. The van der Waals surface area contributed by atoms with Gasteiger partial charge in [-0.1, -0.05) is 6.92 Å². The molecule has 0 radical (unpaired) electrons. The van der Waals surface area contributed by atoms with E-state index in [9.17, 15) is 4.79 Å². The quantitative estimate of drug-likeness (QED) is 0.684. The van der Waals surface area contributed by atoms with E-state index in [1.165, 1.54) is 0 Å². The fourth-order valence-corrected chi connectivity index (χ4v) is 2.39. The summed E-state index contributed by atoms with van der Waals surface area (Å²) >= 11 is 0. The van der Waals surface area contributed by atoms with Gasteiger partial charge in [-0.25, -0.2) is 0 Å². The van der Waals surface area contributed by atoms with E-state index in [1.807, 2.05) is 4.90 Å². The normalized spacial score (nSPS) is 28.9. The third kappa shape index (κ3) is 2.16. The zero-order valence-electron chi connectivity index (χ0n) is 9.70. The van der Waals surface area contributed by atoms with Crippen molar-refractivity contribution in [3.63, 3.8) is 0 Å². The number of amides is 1. The van der Waals surface area contributed by atoms with Crippen LogP contribution in [0, 0.1) is 5.92 Å². The summed E-state index contributed by atoms with van der Waals surface area (Å²) in [4.78, 5) is 16.5. The van der Waals surface area contributed by atoms with E-state index >= 15 is 0 Å². The standard InChI is InChI=1S/C11H21N3O/c1-3-13-4-5-14(8-9(13)2)11(15)10-6-12-7-10/h9-10,12H,3-8H2,1-2H3. The maximum atomic E-state index is 12.0. The Labute approximate surface area is 91.6 Å². The molecule has 2 fully saturated rings. The lowest BCUT2D eigenvalue weighted by molar-refractivity contribution is -0.139. The van der Waals surface area contributed by atoms with Gasteiger partial charge in [0.2, 0.25) is 5.91 Å². The molecule has 2 rings (SSSR count). The van der Waals surface area contributed by atoms with Crippen LogP contribution in [0.25, 0.3) is 0 Å². The van der Waals surface area contributed by atoms with Crippen molar-refractivity contribution in [3.8, 4) is 0 Å². The van der Waals surface area contributed by atoms with E-state index in [-0.39, 0.29) is 5.92 Å². The smallest absolute Gasteiger partial charge is 0.228 e. The number of carbonyl (C=O) groups is 1. The number of nitrogens with zero attached hydrogens (tertiary/aromatic N) is 2. The lowest BCUT2D eigenvalue weighted by Gasteiger charge is -2.41. The average molecular weight is 211 g/mol. The van der Waals surface area contributed by atoms with Gasteiger partial charge in [-0.15, -0.1) is 0 Å². The molecule has 86 valence electrons. The predicted molar refractivity (Wildman–Crippen MR) is 59.6 cm³/mol. The van der Waals surface area contributed by atoms with Gasteiger partial charge < -0.3 is 10.2 Å². The summed E-state index contributed by atoms with van der Waals surface area (Å²) in [5.41, 5.74) is 0. The lowest BCUT2D eigenvalue weighted by atomic mass is 10.0. The Morgan fingerprint density at radius 2 is 2.13 bits per heavy atom. The molecule has 0 aliphatic carbocycles. The first-order valence-electron chi connectivity index (χ1n) is 5.96. The van der Waals surface area contributed by atoms with E-state index in [0.717, 1.165) is 39.3 Å². The molecule has 2 aliphatic heterocycles. The number of rotatable bonds is 2. The second-order valence-corrected chi connectivity index (χ2v) is 4.62. The number of carbonyl (C=O) groups excluding carboxylic acids is 1. The van der Waals surface area contributed by atoms with Gasteiger partial charge in [0.1, 0.15) is 0 Å². The van der Waals surface area contributed by atoms with Crippen LogP contribution in [0.4, 0.5) is 0 Å². The first-order chi connectivity index (χ1) is 7.22. The summed E-state index contributed by atoms with van der Waals surface area (Å²) in [5, 5.41) is 3.15. The van der Waals surface area contributed by atoms with E-state index in [0.29, 0.717) is 11.9 Å². The molecule has 1 N–H and O–H groups in total. The fourth-order valence-electron chi connectivity index (χ4n) is 2.39. The summed E-state index contributed by atoms with van der Waals surface area (Å²) in [6.07, 6.45) is 0. The van der Waals surface area contributed by atoms with E-state index in [2.05, 4.69) is 24.1 Å². The number of hydrogen-bond donors (Lipinski definition) is 1. The van der Waals surface area contributed by atoms with Crippen molar-refractivity contribution < 1.29 is 4.79 Å². The van der Waals surface area contributed by atoms with Gasteiger partial charge >= 0.3 is 0 Å². The first kappa shape index (κ1) is 10.9. The topological polar surface area (TPSA) is 35.6 Å². The highest BCUT2D eigenvalue weighted by molar-refractivity contribution is 5.80. The summed E-state index contributed by atoms with van der Waals surface area (Å²) in [5.74, 6) is 0.613. The largest absolute Gasteiger partial charge is 0.340 e. The van der Waals surface area contributed by atoms with Gasteiger partial charge in [0.15, 0.2) is 0 Å². The molecule has 0 aromatic heterocycles. The van der Waals surface area contributed by atoms with Crippen molar-refractivity contribution in [2.45, 2.75) is 19.9 Å². The average Bonchev–Trinajstić information content (AvgIpc) is 2.15. The maximum absolute atomic E-state index is 12.0. The van der Waals surface area contributed by atoms with Gasteiger partial charge in [0, 0.05) is 38.8 Å². The van der Waals surface area contributed by atoms with E-state index in [4.69, 9.17) is 0 Å². The molecule has 2 heterocycles. The number of hydrogen-bond acceptors (Lipinski definition) is 3. The molecule has 4 nitrogen and oxygen atoms in total. The number of piperazine rings is 1. The molecule has 1 unspecified atom stereocenters. The second kappa shape index (κ2) is 4.49. The van der Waals surface area contributed by atoms with Crippen LogP contribution in [-0.4, -0.2) is 61.0 Å². The van der Waals surface area contributed by atoms with Crippen LogP contribution in [0.2, 0.25) is 0 Å². The number of likely N-dealkylation sites (N-methyl/N-ethyl adjacent to an activating group) is 1. The van der Waals surface area contributed by atoms with Crippen LogP contribution < -0.4 is 5.32 Å². The molecule has 0 saturated carbocycles. The molecular weight excluding hydrogens is 190 g/mol. The molecule has 0 spiro atoms.